The van der Waals surface area contributed by atoms with E-state index in [4.69, 9.17) is 4.74 Å². The topological polar surface area (TPSA) is 92.9 Å². The molecule has 1 aromatic rings. The maximum absolute atomic E-state index is 11.3. The van der Waals surface area contributed by atoms with Gasteiger partial charge in [-0.05, 0) is 19.1 Å². The zero-order valence-corrected chi connectivity index (χ0v) is 12.9. The Labute approximate surface area is 129 Å². The SMILES string of the molecule is CCN(c1cc(Br)ccc1[N+](=O)[O-])C1COCC1C(=O)O. The Bertz CT molecular complexity index is 565. The fraction of sp³-hybridized carbons (Fsp3) is 0.462. The molecule has 8 heteroatoms. The number of carbonyl (C=O) groups is 1. The van der Waals surface area contributed by atoms with Crippen LogP contribution in [0.5, 0.6) is 0 Å². The number of carboxylic acid groups (broad SMARTS) is 1. The normalized spacial score (nSPS) is 21.2. The molecular formula is C13H15BrN2O5. The van der Waals surface area contributed by atoms with Gasteiger partial charge < -0.3 is 14.7 Å². The van der Waals surface area contributed by atoms with Crippen molar-refractivity contribution in [3.8, 4) is 0 Å². The number of anilines is 1. The largest absolute Gasteiger partial charge is 0.481 e. The number of rotatable bonds is 5. The predicted octanol–water partition coefficient (Wildman–Crippen LogP) is 2.28. The fourth-order valence-corrected chi connectivity index (χ4v) is 2.90. The Morgan fingerprint density at radius 1 is 1.57 bits per heavy atom. The first-order valence-electron chi connectivity index (χ1n) is 6.46. The summed E-state index contributed by atoms with van der Waals surface area (Å²) in [7, 11) is 0. The summed E-state index contributed by atoms with van der Waals surface area (Å²) in [6.07, 6.45) is 0. The maximum Gasteiger partial charge on any atom is 0.311 e. The fourth-order valence-electron chi connectivity index (χ4n) is 2.55. The molecular weight excluding hydrogens is 344 g/mol. The number of aliphatic carboxylic acids is 1. The molecule has 1 aromatic carbocycles. The van der Waals surface area contributed by atoms with E-state index in [2.05, 4.69) is 15.9 Å². The van der Waals surface area contributed by atoms with Gasteiger partial charge in [0.25, 0.3) is 5.69 Å². The van der Waals surface area contributed by atoms with Gasteiger partial charge in [0.1, 0.15) is 11.6 Å². The second-order valence-electron chi connectivity index (χ2n) is 4.73. The summed E-state index contributed by atoms with van der Waals surface area (Å²) in [5, 5.41) is 20.5. The summed E-state index contributed by atoms with van der Waals surface area (Å²) in [5.41, 5.74) is 0.356. The first kappa shape index (κ1) is 15.7. The zero-order valence-electron chi connectivity index (χ0n) is 11.4. The van der Waals surface area contributed by atoms with E-state index in [0.717, 1.165) is 0 Å². The van der Waals surface area contributed by atoms with E-state index in [9.17, 15) is 20.0 Å². The van der Waals surface area contributed by atoms with Gasteiger partial charge in [-0.3, -0.25) is 14.9 Å². The van der Waals surface area contributed by atoms with Crippen molar-refractivity contribution in [1.82, 2.24) is 0 Å². The number of carboxylic acids is 1. The summed E-state index contributed by atoms with van der Waals surface area (Å²) in [4.78, 5) is 23.8. The van der Waals surface area contributed by atoms with Crippen LogP contribution in [0.2, 0.25) is 0 Å². The van der Waals surface area contributed by atoms with Crippen LogP contribution in [0.25, 0.3) is 0 Å². The van der Waals surface area contributed by atoms with E-state index in [1.54, 1.807) is 17.0 Å². The van der Waals surface area contributed by atoms with Crippen LogP contribution in [0.1, 0.15) is 6.92 Å². The molecule has 2 atom stereocenters. The lowest BCUT2D eigenvalue weighted by Crippen LogP contribution is -2.43. The van der Waals surface area contributed by atoms with Gasteiger partial charge in [0, 0.05) is 17.1 Å². The number of benzene rings is 1. The van der Waals surface area contributed by atoms with Crippen LogP contribution in [0, 0.1) is 16.0 Å². The van der Waals surface area contributed by atoms with Gasteiger partial charge in [-0.15, -0.1) is 0 Å². The third-order valence-corrected chi connectivity index (χ3v) is 4.05. The average Bonchev–Trinajstić information content (AvgIpc) is 2.89. The van der Waals surface area contributed by atoms with Crippen molar-refractivity contribution >= 4 is 33.3 Å². The molecule has 0 radical (unpaired) electrons. The molecule has 0 spiro atoms. The molecule has 7 nitrogen and oxygen atoms in total. The molecule has 0 saturated carbocycles. The Hall–Kier alpha value is -1.67. The summed E-state index contributed by atoms with van der Waals surface area (Å²) in [6, 6.07) is 4.22. The van der Waals surface area contributed by atoms with Gasteiger partial charge >= 0.3 is 5.97 Å². The highest BCUT2D eigenvalue weighted by Crippen LogP contribution is 2.35. The lowest BCUT2D eigenvalue weighted by Gasteiger charge is -2.31. The van der Waals surface area contributed by atoms with E-state index in [0.29, 0.717) is 16.7 Å². The van der Waals surface area contributed by atoms with Crippen molar-refractivity contribution in [3.63, 3.8) is 0 Å². The van der Waals surface area contributed by atoms with Crippen molar-refractivity contribution in [2.45, 2.75) is 13.0 Å². The Morgan fingerprint density at radius 2 is 2.29 bits per heavy atom. The Morgan fingerprint density at radius 3 is 2.86 bits per heavy atom. The highest BCUT2D eigenvalue weighted by molar-refractivity contribution is 9.10. The maximum atomic E-state index is 11.3. The Kier molecular flexibility index (Phi) is 4.79. The number of halogens is 1. The van der Waals surface area contributed by atoms with Crippen molar-refractivity contribution in [1.29, 1.82) is 0 Å². The number of nitro groups is 1. The molecule has 0 aliphatic carbocycles. The first-order chi connectivity index (χ1) is 9.95. The predicted molar refractivity (Wildman–Crippen MR) is 79.5 cm³/mol. The van der Waals surface area contributed by atoms with Crippen molar-refractivity contribution in [3.05, 3.63) is 32.8 Å². The third kappa shape index (κ3) is 3.16. The van der Waals surface area contributed by atoms with E-state index in [1.165, 1.54) is 6.07 Å². The van der Waals surface area contributed by atoms with Crippen molar-refractivity contribution in [2.75, 3.05) is 24.7 Å². The van der Waals surface area contributed by atoms with Gasteiger partial charge in [-0.25, -0.2) is 0 Å². The van der Waals surface area contributed by atoms with Crippen LogP contribution in [0.15, 0.2) is 22.7 Å². The third-order valence-electron chi connectivity index (χ3n) is 3.55. The van der Waals surface area contributed by atoms with E-state index >= 15 is 0 Å². The number of hydrogen-bond donors (Lipinski definition) is 1. The smallest absolute Gasteiger partial charge is 0.311 e. The summed E-state index contributed by atoms with van der Waals surface area (Å²) in [6.45, 7) is 2.66. The highest BCUT2D eigenvalue weighted by atomic mass is 79.9. The first-order valence-corrected chi connectivity index (χ1v) is 7.26. The second kappa shape index (κ2) is 6.40. The van der Waals surface area contributed by atoms with Crippen LogP contribution in [-0.4, -0.2) is 41.8 Å². The monoisotopic (exact) mass is 358 g/mol. The lowest BCUT2D eigenvalue weighted by molar-refractivity contribution is -0.384. The minimum absolute atomic E-state index is 0.0453. The second-order valence-corrected chi connectivity index (χ2v) is 5.64. The number of nitro benzene ring substituents is 1. The molecule has 21 heavy (non-hydrogen) atoms. The van der Waals surface area contributed by atoms with Crippen molar-refractivity contribution in [2.24, 2.45) is 5.92 Å². The van der Waals surface area contributed by atoms with Gasteiger partial charge in [0.05, 0.1) is 24.2 Å². The molecule has 1 N–H and O–H groups in total. The van der Waals surface area contributed by atoms with Crippen molar-refractivity contribution < 1.29 is 19.6 Å². The van der Waals surface area contributed by atoms with Gasteiger partial charge in [0.2, 0.25) is 0 Å². The molecule has 114 valence electrons. The molecule has 1 heterocycles. The average molecular weight is 359 g/mol. The molecule has 0 amide bonds. The molecule has 1 aliphatic heterocycles. The Balaban J connectivity index is 2.44. The van der Waals surface area contributed by atoms with Gasteiger partial charge in [-0.2, -0.15) is 0 Å². The van der Waals surface area contributed by atoms with E-state index < -0.39 is 22.9 Å². The number of nitrogens with zero attached hydrogens (tertiary/aromatic N) is 2. The van der Waals surface area contributed by atoms with E-state index in [1.807, 2.05) is 6.92 Å². The molecule has 0 bridgehead atoms. The molecule has 2 unspecified atom stereocenters. The summed E-state index contributed by atoms with van der Waals surface area (Å²) in [5.74, 6) is -1.64. The quantitative estimate of drug-likeness (QED) is 0.641. The minimum Gasteiger partial charge on any atom is -0.481 e. The number of likely N-dealkylation sites (N-methyl/N-ethyl adjacent to an activating group) is 1. The molecule has 1 aliphatic rings. The van der Waals surface area contributed by atoms with Gasteiger partial charge in [0.15, 0.2) is 0 Å². The standard InChI is InChI=1S/C13H15BrN2O5/c1-2-15(12-7-21-6-9(12)13(17)18)11-5-8(14)3-4-10(11)16(19)20/h3-5,9,12H,2,6-7H2,1H3,(H,17,18). The molecule has 0 aromatic heterocycles. The van der Waals surface area contributed by atoms with E-state index in [-0.39, 0.29) is 18.9 Å². The van der Waals surface area contributed by atoms with Crippen LogP contribution in [0.4, 0.5) is 11.4 Å². The molecule has 1 saturated heterocycles. The molecule has 2 rings (SSSR count). The lowest BCUT2D eigenvalue weighted by atomic mass is 10.0. The van der Waals surface area contributed by atoms with Crippen LogP contribution in [-0.2, 0) is 9.53 Å². The van der Waals surface area contributed by atoms with Crippen LogP contribution < -0.4 is 4.90 Å². The van der Waals surface area contributed by atoms with Crippen LogP contribution in [0.3, 0.4) is 0 Å². The van der Waals surface area contributed by atoms with Crippen LogP contribution >= 0.6 is 15.9 Å². The number of ether oxygens (including phenoxy) is 1. The summed E-state index contributed by atoms with van der Waals surface area (Å²) >= 11 is 3.30. The summed E-state index contributed by atoms with van der Waals surface area (Å²) < 4.78 is 5.96. The number of hydrogen-bond acceptors (Lipinski definition) is 5. The van der Waals surface area contributed by atoms with Gasteiger partial charge in [-0.1, -0.05) is 15.9 Å². The highest BCUT2D eigenvalue weighted by Gasteiger charge is 2.39. The zero-order chi connectivity index (χ0) is 15.6. The molecule has 1 fully saturated rings. The minimum atomic E-state index is -0.950.